The molecular formula is C22H22N4O4. The Morgan fingerprint density at radius 3 is 2.60 bits per heavy atom. The summed E-state index contributed by atoms with van der Waals surface area (Å²) in [6.45, 7) is 6.69. The summed E-state index contributed by atoms with van der Waals surface area (Å²) >= 11 is 0. The highest BCUT2D eigenvalue weighted by molar-refractivity contribution is 6.15. The second-order valence-corrected chi connectivity index (χ2v) is 7.77. The molecule has 0 bridgehead atoms. The van der Waals surface area contributed by atoms with Crippen molar-refractivity contribution in [1.29, 1.82) is 0 Å². The van der Waals surface area contributed by atoms with Gasteiger partial charge in [0.25, 0.3) is 5.91 Å². The summed E-state index contributed by atoms with van der Waals surface area (Å²) in [7, 11) is 0. The number of fused-ring (bicyclic) bond motifs is 2. The molecule has 30 heavy (non-hydrogen) atoms. The molecule has 1 aliphatic heterocycles. The first-order valence-corrected chi connectivity index (χ1v) is 9.60. The van der Waals surface area contributed by atoms with Crippen LogP contribution in [0.4, 0.5) is 11.4 Å². The van der Waals surface area contributed by atoms with E-state index < -0.39 is 23.5 Å². The van der Waals surface area contributed by atoms with Gasteiger partial charge in [0, 0.05) is 11.9 Å². The molecule has 0 saturated heterocycles. The number of anilines is 2. The third-order valence-corrected chi connectivity index (χ3v) is 5.26. The van der Waals surface area contributed by atoms with Crippen LogP contribution in [0.3, 0.4) is 0 Å². The van der Waals surface area contributed by atoms with Gasteiger partial charge >= 0.3 is 5.97 Å². The average Bonchev–Trinajstić information content (AvgIpc) is 3.14. The van der Waals surface area contributed by atoms with Gasteiger partial charge in [0.05, 0.1) is 11.4 Å². The van der Waals surface area contributed by atoms with Gasteiger partial charge in [-0.1, -0.05) is 18.2 Å². The second-order valence-electron chi connectivity index (χ2n) is 7.77. The van der Waals surface area contributed by atoms with Gasteiger partial charge in [-0.25, -0.2) is 9.78 Å². The van der Waals surface area contributed by atoms with Gasteiger partial charge in [0.1, 0.15) is 11.2 Å². The summed E-state index contributed by atoms with van der Waals surface area (Å²) in [6.07, 6.45) is 0.472. The summed E-state index contributed by atoms with van der Waals surface area (Å²) in [5.74, 6) is -1.51. The fourth-order valence-electron chi connectivity index (χ4n) is 3.55. The lowest BCUT2D eigenvalue weighted by molar-refractivity contribution is -0.131. The summed E-state index contributed by atoms with van der Waals surface area (Å²) < 4.78 is 7.20. The van der Waals surface area contributed by atoms with E-state index in [0.717, 1.165) is 5.69 Å². The molecular weight excluding hydrogens is 384 g/mol. The molecule has 154 valence electrons. The number of rotatable bonds is 3. The minimum Gasteiger partial charge on any atom is -0.448 e. The Bertz CT molecular complexity index is 1180. The van der Waals surface area contributed by atoms with Crippen molar-refractivity contribution < 1.29 is 19.1 Å². The first-order valence-electron chi connectivity index (χ1n) is 9.60. The van der Waals surface area contributed by atoms with Crippen molar-refractivity contribution in [2.24, 2.45) is 0 Å². The first kappa shape index (κ1) is 19.6. The number of hydrogen-bond acceptors (Lipinski definition) is 5. The molecule has 1 aliphatic rings. The van der Waals surface area contributed by atoms with Gasteiger partial charge in [-0.3, -0.25) is 14.5 Å². The molecule has 0 saturated carbocycles. The molecule has 0 radical (unpaired) electrons. The number of esters is 1. The van der Waals surface area contributed by atoms with Crippen LogP contribution in [0.25, 0.3) is 5.65 Å². The van der Waals surface area contributed by atoms with Gasteiger partial charge in [-0.2, -0.15) is 0 Å². The monoisotopic (exact) mass is 406 g/mol. The molecule has 0 fully saturated rings. The van der Waals surface area contributed by atoms with E-state index in [-0.39, 0.29) is 11.6 Å². The largest absolute Gasteiger partial charge is 0.448 e. The molecule has 1 atom stereocenters. The maximum atomic E-state index is 13.3. The van der Waals surface area contributed by atoms with Crippen molar-refractivity contribution in [3.63, 3.8) is 0 Å². The Morgan fingerprint density at radius 2 is 1.87 bits per heavy atom. The van der Waals surface area contributed by atoms with Crippen LogP contribution in [0.15, 0.2) is 48.7 Å². The average molecular weight is 406 g/mol. The lowest BCUT2D eigenvalue weighted by Gasteiger charge is -2.42. The van der Waals surface area contributed by atoms with Crippen molar-refractivity contribution in [1.82, 2.24) is 9.38 Å². The zero-order valence-corrected chi connectivity index (χ0v) is 17.2. The summed E-state index contributed by atoms with van der Waals surface area (Å²) in [6, 6.07) is 12.5. The zero-order valence-electron chi connectivity index (χ0n) is 17.2. The third-order valence-electron chi connectivity index (χ3n) is 5.26. The lowest BCUT2D eigenvalue weighted by atomic mass is 9.95. The molecule has 0 spiro atoms. The number of imidazole rings is 1. The SMILES string of the molecule is Cc1cccc2nc(C(=O)O[C@H](C)C(=O)N3c4ccccc4NC(=O)C3(C)C)cn12. The Labute approximate surface area is 173 Å². The predicted molar refractivity (Wildman–Crippen MR) is 111 cm³/mol. The molecule has 4 rings (SSSR count). The standard InChI is InChI=1S/C22H22N4O4/c1-13-8-7-11-18-23-16(12-25(13)18)20(28)30-14(2)19(27)26-17-10-6-5-9-15(17)24-21(29)22(26,3)4/h5-12,14H,1-4H3,(H,24,29)/t14-/m1/s1. The highest BCUT2D eigenvalue weighted by Crippen LogP contribution is 2.37. The highest BCUT2D eigenvalue weighted by Gasteiger charge is 2.45. The topological polar surface area (TPSA) is 93.0 Å². The van der Waals surface area contributed by atoms with Gasteiger partial charge in [0.15, 0.2) is 11.8 Å². The van der Waals surface area contributed by atoms with Crippen LogP contribution >= 0.6 is 0 Å². The summed E-state index contributed by atoms with van der Waals surface area (Å²) in [5.41, 5.74) is 1.58. The van der Waals surface area contributed by atoms with E-state index in [4.69, 9.17) is 4.74 Å². The molecule has 2 aromatic heterocycles. The number of amides is 2. The fourth-order valence-corrected chi connectivity index (χ4v) is 3.55. The normalized spacial score (nSPS) is 16.0. The molecule has 1 N–H and O–H groups in total. The molecule has 0 aliphatic carbocycles. The van der Waals surface area contributed by atoms with Gasteiger partial charge in [-0.05, 0) is 52.0 Å². The quantitative estimate of drug-likeness (QED) is 0.675. The molecule has 3 aromatic rings. The highest BCUT2D eigenvalue weighted by atomic mass is 16.5. The smallest absolute Gasteiger partial charge is 0.359 e. The van der Waals surface area contributed by atoms with E-state index in [2.05, 4.69) is 10.3 Å². The van der Waals surface area contributed by atoms with E-state index in [1.54, 1.807) is 54.8 Å². The van der Waals surface area contributed by atoms with Gasteiger partial charge in [0.2, 0.25) is 5.91 Å². The molecule has 1 aromatic carbocycles. The number of para-hydroxylation sites is 2. The minimum atomic E-state index is -1.15. The van der Waals surface area contributed by atoms with Crippen LogP contribution in [-0.2, 0) is 14.3 Å². The molecule has 3 heterocycles. The summed E-state index contributed by atoms with van der Waals surface area (Å²) in [5, 5.41) is 2.81. The number of pyridine rings is 1. The number of ether oxygens (including phenoxy) is 1. The molecule has 8 heteroatoms. The van der Waals surface area contributed by atoms with Crippen molar-refractivity contribution in [3.8, 4) is 0 Å². The van der Waals surface area contributed by atoms with Crippen LogP contribution in [0.1, 0.15) is 37.0 Å². The number of nitrogens with zero attached hydrogens (tertiary/aromatic N) is 3. The minimum absolute atomic E-state index is 0.111. The van der Waals surface area contributed by atoms with Crippen LogP contribution < -0.4 is 10.2 Å². The van der Waals surface area contributed by atoms with Gasteiger partial charge < -0.3 is 14.5 Å². The maximum Gasteiger partial charge on any atom is 0.359 e. The van der Waals surface area contributed by atoms with Crippen molar-refractivity contribution >= 4 is 34.8 Å². The van der Waals surface area contributed by atoms with E-state index >= 15 is 0 Å². The number of carbonyl (C=O) groups excluding carboxylic acids is 3. The van der Waals surface area contributed by atoms with E-state index in [9.17, 15) is 14.4 Å². The Kier molecular flexibility index (Phi) is 4.57. The molecule has 0 unspecified atom stereocenters. The van der Waals surface area contributed by atoms with Crippen LogP contribution in [0.5, 0.6) is 0 Å². The van der Waals surface area contributed by atoms with E-state index in [0.29, 0.717) is 17.0 Å². The summed E-state index contributed by atoms with van der Waals surface area (Å²) in [4.78, 5) is 44.1. The van der Waals surface area contributed by atoms with E-state index in [1.165, 1.54) is 11.8 Å². The number of nitrogens with one attached hydrogen (secondary N) is 1. The maximum absolute atomic E-state index is 13.3. The Balaban J connectivity index is 1.60. The predicted octanol–water partition coefficient (Wildman–Crippen LogP) is 2.95. The number of aryl methyl sites for hydroxylation is 1. The van der Waals surface area contributed by atoms with Crippen molar-refractivity contribution in [2.75, 3.05) is 10.2 Å². The van der Waals surface area contributed by atoms with Crippen molar-refractivity contribution in [3.05, 3.63) is 60.0 Å². The third kappa shape index (κ3) is 3.10. The van der Waals surface area contributed by atoms with Crippen LogP contribution in [0, 0.1) is 6.92 Å². The lowest BCUT2D eigenvalue weighted by Crippen LogP contribution is -2.60. The van der Waals surface area contributed by atoms with Crippen LogP contribution in [0.2, 0.25) is 0 Å². The first-order chi connectivity index (χ1) is 14.2. The Morgan fingerprint density at radius 1 is 1.13 bits per heavy atom. The van der Waals surface area contributed by atoms with E-state index in [1.807, 2.05) is 19.1 Å². The number of carbonyl (C=O) groups is 3. The number of aromatic nitrogens is 2. The molecule has 8 nitrogen and oxygen atoms in total. The zero-order chi connectivity index (χ0) is 21.6. The van der Waals surface area contributed by atoms with Crippen molar-refractivity contribution in [2.45, 2.75) is 39.3 Å². The second kappa shape index (κ2) is 6.98. The molecule has 2 amide bonds. The Hall–Kier alpha value is -3.68. The fraction of sp³-hybridized carbons (Fsp3) is 0.273. The van der Waals surface area contributed by atoms with Crippen LogP contribution in [-0.4, -0.2) is 38.8 Å². The number of benzene rings is 1. The number of hydrogen-bond donors (Lipinski definition) is 1. The van der Waals surface area contributed by atoms with Gasteiger partial charge in [-0.15, -0.1) is 0 Å².